The van der Waals surface area contributed by atoms with E-state index in [1.54, 1.807) is 5.38 Å². The van der Waals surface area contributed by atoms with Crippen LogP contribution < -0.4 is 4.90 Å². The van der Waals surface area contributed by atoms with E-state index in [4.69, 9.17) is 5.11 Å². The SMILES string of the molecule is O=C(O)Cc1csc(N2C(=O)CC3(CCCC3)CC2=O)n1. The summed E-state index contributed by atoms with van der Waals surface area (Å²) in [7, 11) is 0. The maximum atomic E-state index is 12.4. The summed E-state index contributed by atoms with van der Waals surface area (Å²) in [5, 5.41) is 10.6. The number of carboxylic acid groups (broad SMARTS) is 1. The van der Waals surface area contributed by atoms with Crippen LogP contribution in [0.25, 0.3) is 0 Å². The van der Waals surface area contributed by atoms with E-state index in [0.717, 1.165) is 41.9 Å². The van der Waals surface area contributed by atoms with E-state index >= 15 is 0 Å². The molecule has 112 valence electrons. The predicted octanol–water partition coefficient (Wildman–Crippen LogP) is 1.98. The summed E-state index contributed by atoms with van der Waals surface area (Å²) in [5.74, 6) is -1.39. The number of hydrogen-bond acceptors (Lipinski definition) is 5. The van der Waals surface area contributed by atoms with Crippen LogP contribution in [0.3, 0.4) is 0 Å². The lowest BCUT2D eigenvalue weighted by Crippen LogP contribution is -2.47. The molecule has 1 aromatic rings. The van der Waals surface area contributed by atoms with Gasteiger partial charge in [0.2, 0.25) is 11.8 Å². The molecule has 0 atom stereocenters. The quantitative estimate of drug-likeness (QED) is 0.863. The van der Waals surface area contributed by atoms with Gasteiger partial charge in [-0.3, -0.25) is 14.4 Å². The van der Waals surface area contributed by atoms with Crippen LogP contribution in [0.5, 0.6) is 0 Å². The Morgan fingerprint density at radius 1 is 1.29 bits per heavy atom. The molecule has 21 heavy (non-hydrogen) atoms. The van der Waals surface area contributed by atoms with Gasteiger partial charge in [-0.05, 0) is 18.3 Å². The maximum Gasteiger partial charge on any atom is 0.309 e. The first-order chi connectivity index (χ1) is 9.99. The molecule has 0 bridgehead atoms. The van der Waals surface area contributed by atoms with Crippen molar-refractivity contribution >= 4 is 34.3 Å². The fourth-order valence-corrected chi connectivity index (χ4v) is 4.18. The molecule has 1 aromatic heterocycles. The molecule has 1 aliphatic carbocycles. The number of anilines is 1. The van der Waals surface area contributed by atoms with Crippen LogP contribution in [0.4, 0.5) is 5.13 Å². The Kier molecular flexibility index (Phi) is 3.52. The van der Waals surface area contributed by atoms with Gasteiger partial charge < -0.3 is 5.11 Å². The third kappa shape index (κ3) is 2.70. The zero-order valence-corrected chi connectivity index (χ0v) is 12.3. The Labute approximate surface area is 125 Å². The van der Waals surface area contributed by atoms with Crippen molar-refractivity contribution < 1.29 is 19.5 Å². The summed E-state index contributed by atoms with van der Waals surface area (Å²) in [4.78, 5) is 40.6. The van der Waals surface area contributed by atoms with E-state index in [1.807, 2.05) is 0 Å². The summed E-state index contributed by atoms with van der Waals surface area (Å²) in [5.41, 5.74) is 0.246. The highest BCUT2D eigenvalue weighted by Crippen LogP contribution is 2.47. The van der Waals surface area contributed by atoms with Crippen LogP contribution in [0, 0.1) is 5.41 Å². The highest BCUT2D eigenvalue weighted by molar-refractivity contribution is 7.14. The first-order valence-electron chi connectivity index (χ1n) is 7.01. The maximum absolute atomic E-state index is 12.4. The molecule has 1 saturated carbocycles. The van der Waals surface area contributed by atoms with Crippen molar-refractivity contribution in [2.24, 2.45) is 5.41 Å². The van der Waals surface area contributed by atoms with Crippen molar-refractivity contribution in [3.05, 3.63) is 11.1 Å². The number of nitrogens with zero attached hydrogens (tertiary/aromatic N) is 2. The van der Waals surface area contributed by atoms with Crippen molar-refractivity contribution in [1.82, 2.24) is 4.98 Å². The zero-order chi connectivity index (χ0) is 15.0. The molecular formula is C14H16N2O4S. The zero-order valence-electron chi connectivity index (χ0n) is 11.5. The molecule has 2 fully saturated rings. The lowest BCUT2D eigenvalue weighted by Gasteiger charge is -2.36. The predicted molar refractivity (Wildman–Crippen MR) is 76.1 cm³/mol. The minimum Gasteiger partial charge on any atom is -0.481 e. The second kappa shape index (κ2) is 5.22. The van der Waals surface area contributed by atoms with Crippen LogP contribution >= 0.6 is 11.3 Å². The highest BCUT2D eigenvalue weighted by Gasteiger charge is 2.46. The first-order valence-corrected chi connectivity index (χ1v) is 7.89. The number of aliphatic carboxylic acids is 1. The summed E-state index contributed by atoms with van der Waals surface area (Å²) in [6.45, 7) is 0. The lowest BCUT2D eigenvalue weighted by molar-refractivity contribution is -0.136. The molecule has 0 aromatic carbocycles. The standard InChI is InChI=1S/C14H16N2O4S/c17-10-6-14(3-1-2-4-14)7-11(18)16(10)13-15-9(8-21-13)5-12(19)20/h8H,1-7H2,(H,19,20). The van der Waals surface area contributed by atoms with Crippen molar-refractivity contribution in [2.75, 3.05) is 4.90 Å². The van der Waals surface area contributed by atoms with Crippen LogP contribution in [-0.4, -0.2) is 27.9 Å². The average molecular weight is 308 g/mol. The summed E-state index contributed by atoms with van der Waals surface area (Å²) >= 11 is 1.15. The summed E-state index contributed by atoms with van der Waals surface area (Å²) in [6.07, 6.45) is 4.65. The number of hydrogen-bond donors (Lipinski definition) is 1. The molecule has 2 amide bonds. The van der Waals surface area contributed by atoms with Crippen molar-refractivity contribution in [1.29, 1.82) is 0 Å². The smallest absolute Gasteiger partial charge is 0.309 e. The monoisotopic (exact) mass is 308 g/mol. The van der Waals surface area contributed by atoms with Gasteiger partial charge in [0.25, 0.3) is 0 Å². The summed E-state index contributed by atoms with van der Waals surface area (Å²) in [6, 6.07) is 0. The van der Waals surface area contributed by atoms with E-state index in [1.165, 1.54) is 0 Å². The largest absolute Gasteiger partial charge is 0.481 e. The number of amides is 2. The molecular weight excluding hydrogens is 292 g/mol. The van der Waals surface area contributed by atoms with E-state index < -0.39 is 5.97 Å². The molecule has 0 radical (unpaired) electrons. The number of rotatable bonds is 3. The Bertz CT molecular complexity index is 584. The second-order valence-electron chi connectivity index (χ2n) is 5.88. The Balaban J connectivity index is 1.79. The van der Waals surface area contributed by atoms with Gasteiger partial charge in [0, 0.05) is 18.2 Å². The molecule has 0 unspecified atom stereocenters. The van der Waals surface area contributed by atoms with E-state index in [9.17, 15) is 14.4 Å². The number of aromatic nitrogens is 1. The first kappa shape index (κ1) is 14.2. The van der Waals surface area contributed by atoms with Crippen LogP contribution in [0.1, 0.15) is 44.2 Å². The molecule has 1 saturated heterocycles. The van der Waals surface area contributed by atoms with E-state index in [0.29, 0.717) is 23.7 Å². The van der Waals surface area contributed by atoms with Gasteiger partial charge >= 0.3 is 5.97 Å². The molecule has 1 N–H and O–H groups in total. The third-order valence-corrected chi connectivity index (χ3v) is 5.15. The number of piperidine rings is 1. The average Bonchev–Trinajstić information content (AvgIpc) is 2.98. The van der Waals surface area contributed by atoms with Crippen LogP contribution in [0.15, 0.2) is 5.38 Å². The number of carbonyl (C=O) groups is 3. The minimum atomic E-state index is -0.979. The Hall–Kier alpha value is -1.76. The molecule has 1 aliphatic heterocycles. The number of carboxylic acids is 1. The van der Waals surface area contributed by atoms with Crippen molar-refractivity contribution in [3.63, 3.8) is 0 Å². The van der Waals surface area contributed by atoms with Gasteiger partial charge in [0.15, 0.2) is 5.13 Å². The number of carbonyl (C=O) groups excluding carboxylic acids is 2. The number of imide groups is 1. The van der Waals surface area contributed by atoms with Gasteiger partial charge in [0.1, 0.15) is 0 Å². The third-order valence-electron chi connectivity index (χ3n) is 4.28. The normalized spacial score (nSPS) is 21.2. The van der Waals surface area contributed by atoms with Gasteiger partial charge in [-0.15, -0.1) is 11.3 Å². The van der Waals surface area contributed by atoms with Gasteiger partial charge in [-0.25, -0.2) is 9.88 Å². The molecule has 6 nitrogen and oxygen atoms in total. The topological polar surface area (TPSA) is 87.6 Å². The summed E-state index contributed by atoms with van der Waals surface area (Å²) < 4.78 is 0. The van der Waals surface area contributed by atoms with Crippen LogP contribution in [0.2, 0.25) is 0 Å². The van der Waals surface area contributed by atoms with Gasteiger partial charge in [0.05, 0.1) is 12.1 Å². The van der Waals surface area contributed by atoms with Gasteiger partial charge in [-0.2, -0.15) is 0 Å². The van der Waals surface area contributed by atoms with E-state index in [-0.39, 0.29) is 23.7 Å². The molecule has 1 spiro atoms. The minimum absolute atomic E-state index is 0.133. The van der Waals surface area contributed by atoms with E-state index in [2.05, 4.69) is 4.98 Å². The molecule has 2 aliphatic rings. The highest BCUT2D eigenvalue weighted by atomic mass is 32.1. The van der Waals surface area contributed by atoms with Crippen LogP contribution in [-0.2, 0) is 20.8 Å². The number of thiazole rings is 1. The second-order valence-corrected chi connectivity index (χ2v) is 6.71. The molecule has 2 heterocycles. The fraction of sp³-hybridized carbons (Fsp3) is 0.571. The van der Waals surface area contributed by atoms with Crippen molar-refractivity contribution in [3.8, 4) is 0 Å². The Morgan fingerprint density at radius 2 is 1.90 bits per heavy atom. The van der Waals surface area contributed by atoms with Gasteiger partial charge in [-0.1, -0.05) is 12.8 Å². The fourth-order valence-electron chi connectivity index (χ4n) is 3.33. The Morgan fingerprint density at radius 3 is 2.48 bits per heavy atom. The lowest BCUT2D eigenvalue weighted by atomic mass is 9.76. The van der Waals surface area contributed by atoms with Crippen molar-refractivity contribution in [2.45, 2.75) is 44.9 Å². The molecule has 7 heteroatoms. The molecule has 3 rings (SSSR count).